The van der Waals surface area contributed by atoms with Crippen molar-refractivity contribution in [3.8, 4) is 0 Å². The average Bonchev–Trinajstić information content (AvgIpc) is 3.74. The number of ether oxygens (including phenoxy) is 4. The van der Waals surface area contributed by atoms with Gasteiger partial charge in [0.15, 0.2) is 0 Å². The number of amides is 4. The van der Waals surface area contributed by atoms with Crippen molar-refractivity contribution in [2.75, 3.05) is 65.9 Å². The number of carbonyl (C=O) groups excluding carboxylic acids is 6. The number of nitrogens with zero attached hydrogens (tertiary/aromatic N) is 1. The predicted octanol–water partition coefficient (Wildman–Crippen LogP) is 0.171. The van der Waals surface area contributed by atoms with Crippen molar-refractivity contribution in [3.05, 3.63) is 18.2 Å². The summed E-state index contributed by atoms with van der Waals surface area (Å²) in [5.41, 5.74) is 6.26. The van der Waals surface area contributed by atoms with Crippen molar-refractivity contribution in [1.82, 2.24) is 31.2 Å². The Morgan fingerprint density at radius 2 is 1.34 bits per heavy atom. The number of ketones is 2. The van der Waals surface area contributed by atoms with Crippen LogP contribution in [0.5, 0.6) is 0 Å². The first-order valence-corrected chi connectivity index (χ1v) is 20.9. The summed E-state index contributed by atoms with van der Waals surface area (Å²) in [5, 5.41) is 36.2. The van der Waals surface area contributed by atoms with Gasteiger partial charge in [-0.3, -0.25) is 34.2 Å². The van der Waals surface area contributed by atoms with Crippen molar-refractivity contribution in [2.45, 2.75) is 109 Å². The van der Waals surface area contributed by atoms with E-state index in [2.05, 4.69) is 31.2 Å². The Balaban J connectivity index is 2.13. The van der Waals surface area contributed by atoms with Crippen LogP contribution in [0, 0.1) is 11.3 Å². The topological polar surface area (TPSA) is 341 Å². The molecule has 0 saturated heterocycles. The Morgan fingerprint density at radius 1 is 0.694 bits per heavy atom. The number of carboxylic acids is 2. The zero-order valence-corrected chi connectivity index (χ0v) is 35.7. The first-order valence-electron chi connectivity index (χ1n) is 20.9. The molecule has 1 rings (SSSR count). The molecule has 22 nitrogen and oxygen atoms in total. The molecule has 0 aliphatic rings. The van der Waals surface area contributed by atoms with Gasteiger partial charge >= 0.3 is 11.9 Å². The van der Waals surface area contributed by atoms with E-state index in [1.54, 1.807) is 6.20 Å². The number of carboxylic acid groups (broad SMARTS) is 2. The molecule has 0 radical (unpaired) electrons. The molecule has 0 bridgehead atoms. The predicted molar refractivity (Wildman–Crippen MR) is 222 cm³/mol. The largest absolute Gasteiger partial charge is 0.480 e. The minimum atomic E-state index is -1.21. The highest BCUT2D eigenvalue weighted by Gasteiger charge is 2.23. The van der Waals surface area contributed by atoms with E-state index in [0.717, 1.165) is 5.69 Å². The summed E-state index contributed by atoms with van der Waals surface area (Å²) in [4.78, 5) is 103. The first-order chi connectivity index (χ1) is 29.7. The molecule has 1 aromatic heterocycles. The number of unbranched alkanes of at least 4 members (excludes halogenated alkanes) is 2. The van der Waals surface area contributed by atoms with E-state index in [1.807, 2.05) is 0 Å². The Labute approximate surface area is 361 Å². The van der Waals surface area contributed by atoms with E-state index in [-0.39, 0.29) is 134 Å². The molecule has 0 saturated carbocycles. The number of hydrogen-bond acceptors (Lipinski definition) is 14. The van der Waals surface area contributed by atoms with Crippen LogP contribution >= 0.6 is 0 Å². The fourth-order valence-corrected chi connectivity index (χ4v) is 5.81. The number of Topliss-reactive ketones (excluding diaryl/α,β-unsaturated/α-hetero) is 2. The number of aryl methyl sites for hydroxylation is 1. The lowest BCUT2D eigenvalue weighted by Crippen LogP contribution is -2.42. The standard InChI is InChI=1S/C40H66N8O14/c1-28(49)47-34(40(57)58)14-13-31(50)8-6-17-59-19-21-61-25-36(52)44-16-18-60-20-22-62-26-37(53)48-33(39(55)56)9-4-5-15-45-38(54)29(7-2-3-10-35(41)42)23-32(51)12-11-30-24-43-27-46-30/h24,27,29,33-34H,2-23,25-26H2,1H3,(H3,41,42)(H,43,46)(H,44,52)(H,45,54)(H,47,49)(H,48,53)(H,55,56)(H,57,58)/t29-,33+,34+/m1/s1. The second-order valence-electron chi connectivity index (χ2n) is 14.5. The fourth-order valence-electron chi connectivity index (χ4n) is 5.81. The normalized spacial score (nSPS) is 12.4. The van der Waals surface area contributed by atoms with Crippen molar-refractivity contribution in [1.29, 1.82) is 5.41 Å². The molecular weight excluding hydrogens is 816 g/mol. The van der Waals surface area contributed by atoms with Crippen LogP contribution in [0.4, 0.5) is 0 Å². The summed E-state index contributed by atoms with van der Waals surface area (Å²) in [6.45, 7) is 2.07. The monoisotopic (exact) mass is 882 g/mol. The van der Waals surface area contributed by atoms with E-state index in [9.17, 15) is 43.5 Å². The lowest BCUT2D eigenvalue weighted by Gasteiger charge is -2.17. The zero-order chi connectivity index (χ0) is 46.0. The van der Waals surface area contributed by atoms with Gasteiger partial charge < -0.3 is 61.1 Å². The summed E-state index contributed by atoms with van der Waals surface area (Å²) < 4.78 is 21.2. The third-order valence-corrected chi connectivity index (χ3v) is 9.08. The quantitative estimate of drug-likeness (QED) is 0.0241. The van der Waals surface area contributed by atoms with E-state index in [0.29, 0.717) is 51.4 Å². The average molecular weight is 883 g/mol. The molecule has 0 aliphatic heterocycles. The Hall–Kier alpha value is -5.32. The molecule has 1 aromatic rings. The molecule has 0 spiro atoms. The van der Waals surface area contributed by atoms with Crippen molar-refractivity contribution in [2.24, 2.45) is 11.7 Å². The number of amidine groups is 1. The van der Waals surface area contributed by atoms with Gasteiger partial charge in [0.25, 0.3) is 0 Å². The molecule has 3 atom stereocenters. The van der Waals surface area contributed by atoms with Crippen LogP contribution in [-0.4, -0.2) is 151 Å². The molecule has 0 unspecified atom stereocenters. The number of rotatable bonds is 40. The van der Waals surface area contributed by atoms with Gasteiger partial charge in [0.05, 0.1) is 45.2 Å². The number of nitrogens with one attached hydrogen (secondary N) is 6. The minimum absolute atomic E-state index is 0.0106. The molecule has 4 amide bonds. The smallest absolute Gasteiger partial charge is 0.326 e. The number of aromatic nitrogens is 2. The third kappa shape index (κ3) is 29.8. The van der Waals surface area contributed by atoms with Gasteiger partial charge in [-0.25, -0.2) is 14.6 Å². The van der Waals surface area contributed by atoms with E-state index >= 15 is 0 Å². The Kier molecular flexibility index (Phi) is 30.2. The Morgan fingerprint density at radius 3 is 1.98 bits per heavy atom. The number of imidazole rings is 1. The van der Waals surface area contributed by atoms with E-state index in [1.165, 1.54) is 13.3 Å². The summed E-state index contributed by atoms with van der Waals surface area (Å²) in [5.74, 6) is -4.80. The lowest BCUT2D eigenvalue weighted by atomic mass is 9.93. The van der Waals surface area contributed by atoms with Gasteiger partial charge in [-0.2, -0.15) is 0 Å². The summed E-state index contributed by atoms with van der Waals surface area (Å²) in [7, 11) is 0. The second-order valence-corrected chi connectivity index (χ2v) is 14.5. The van der Waals surface area contributed by atoms with Crippen molar-refractivity contribution >= 4 is 53.0 Å². The van der Waals surface area contributed by atoms with Crippen LogP contribution in [0.25, 0.3) is 0 Å². The highest BCUT2D eigenvalue weighted by molar-refractivity contribution is 5.87. The van der Waals surface area contributed by atoms with E-state index in [4.69, 9.17) is 35.2 Å². The first kappa shape index (κ1) is 54.7. The van der Waals surface area contributed by atoms with Crippen LogP contribution in [0.3, 0.4) is 0 Å². The van der Waals surface area contributed by atoms with Crippen LogP contribution in [0.2, 0.25) is 0 Å². The zero-order valence-electron chi connectivity index (χ0n) is 35.7. The molecule has 1 heterocycles. The molecule has 62 heavy (non-hydrogen) atoms. The minimum Gasteiger partial charge on any atom is -0.480 e. The van der Waals surface area contributed by atoms with Crippen molar-refractivity contribution in [3.63, 3.8) is 0 Å². The van der Waals surface area contributed by atoms with Gasteiger partial charge in [-0.05, 0) is 51.4 Å². The maximum Gasteiger partial charge on any atom is 0.326 e. The number of aromatic amines is 1. The fraction of sp³-hybridized carbons (Fsp3) is 0.700. The van der Waals surface area contributed by atoms with Crippen LogP contribution in [0.15, 0.2) is 12.5 Å². The highest BCUT2D eigenvalue weighted by Crippen LogP contribution is 2.17. The number of carbonyl (C=O) groups is 8. The molecule has 22 heteroatoms. The summed E-state index contributed by atoms with van der Waals surface area (Å²) in [6, 6.07) is -2.26. The number of nitrogens with two attached hydrogens (primary N) is 1. The summed E-state index contributed by atoms with van der Waals surface area (Å²) in [6.07, 6.45) is 7.80. The third-order valence-electron chi connectivity index (χ3n) is 9.08. The second kappa shape index (κ2) is 34.3. The van der Waals surface area contributed by atoms with Gasteiger partial charge in [0.2, 0.25) is 23.6 Å². The van der Waals surface area contributed by atoms with Gasteiger partial charge in [-0.1, -0.05) is 6.42 Å². The Bertz CT molecular complexity index is 1530. The van der Waals surface area contributed by atoms with Crippen LogP contribution < -0.4 is 27.0 Å². The molecule has 350 valence electrons. The van der Waals surface area contributed by atoms with Gasteiger partial charge in [-0.15, -0.1) is 0 Å². The molecule has 0 fully saturated rings. The number of H-pyrrole nitrogens is 1. The SMILES string of the molecule is CC(=O)N[C@@H](CCC(=O)CCCOCCOCC(=O)NCCOCCOCC(=O)N[C@@H](CCCCNC(=O)[C@H](CCCCC(=N)N)CC(=O)CCc1cnc[nH]1)C(=O)O)C(=O)O. The number of aliphatic carboxylic acids is 2. The highest BCUT2D eigenvalue weighted by atomic mass is 16.5. The maximum atomic E-state index is 13.0. The molecule has 0 aliphatic carbocycles. The van der Waals surface area contributed by atoms with Gasteiger partial charge in [0, 0.05) is 76.5 Å². The van der Waals surface area contributed by atoms with E-state index < -0.39 is 41.8 Å². The van der Waals surface area contributed by atoms with Gasteiger partial charge in [0.1, 0.15) is 36.9 Å². The van der Waals surface area contributed by atoms with Crippen molar-refractivity contribution < 1.29 is 67.5 Å². The van der Waals surface area contributed by atoms with Crippen LogP contribution in [0.1, 0.15) is 96.1 Å². The molecule has 10 N–H and O–H groups in total. The van der Waals surface area contributed by atoms with Crippen LogP contribution in [-0.2, 0) is 63.7 Å². The molecule has 0 aromatic carbocycles. The molecular formula is C40H66N8O14. The number of hydrogen-bond donors (Lipinski definition) is 9. The summed E-state index contributed by atoms with van der Waals surface area (Å²) >= 11 is 0. The maximum absolute atomic E-state index is 13.0. The lowest BCUT2D eigenvalue weighted by molar-refractivity contribution is -0.143.